The zero-order valence-electron chi connectivity index (χ0n) is 8.83. The smallest absolute Gasteiger partial charge is 0.351 e. The summed E-state index contributed by atoms with van der Waals surface area (Å²) in [6.45, 7) is 4.10. The van der Waals surface area contributed by atoms with Crippen molar-refractivity contribution in [1.82, 2.24) is 4.98 Å². The maximum absolute atomic E-state index is 11.2. The van der Waals surface area contributed by atoms with Gasteiger partial charge in [0.2, 0.25) is 0 Å². The highest BCUT2D eigenvalue weighted by molar-refractivity contribution is 7.18. The van der Waals surface area contributed by atoms with E-state index in [4.69, 9.17) is 11.6 Å². The molecule has 0 amide bonds. The van der Waals surface area contributed by atoms with Crippen LogP contribution in [0.4, 0.5) is 5.13 Å². The Kier molecular flexibility index (Phi) is 4.35. The van der Waals surface area contributed by atoms with Gasteiger partial charge in [0.1, 0.15) is 0 Å². The summed E-state index contributed by atoms with van der Waals surface area (Å²) in [5.74, 6) is -0.449. The van der Waals surface area contributed by atoms with Crippen molar-refractivity contribution >= 4 is 34.0 Å². The maximum atomic E-state index is 11.2. The molecule has 1 heterocycles. The molecule has 15 heavy (non-hydrogen) atoms. The van der Waals surface area contributed by atoms with Gasteiger partial charge in [0.15, 0.2) is 15.2 Å². The fraction of sp³-hybridized carbons (Fsp3) is 0.556. The number of carbonyl (C=O) groups is 1. The molecule has 0 bridgehead atoms. The number of thiazole rings is 1. The van der Waals surface area contributed by atoms with E-state index in [0.717, 1.165) is 6.42 Å². The number of hydrogen-bond acceptors (Lipinski definition) is 5. The van der Waals surface area contributed by atoms with E-state index in [0.29, 0.717) is 16.1 Å². The zero-order valence-corrected chi connectivity index (χ0v) is 10.4. The van der Waals surface area contributed by atoms with Crippen molar-refractivity contribution in [3.05, 3.63) is 10.0 Å². The van der Waals surface area contributed by atoms with Gasteiger partial charge in [-0.2, -0.15) is 0 Å². The van der Waals surface area contributed by atoms with Crippen LogP contribution in [0.25, 0.3) is 0 Å². The molecule has 4 nitrogen and oxygen atoms in total. The summed E-state index contributed by atoms with van der Waals surface area (Å²) in [5, 5.41) is 3.99. The maximum Gasteiger partial charge on any atom is 0.351 e. The Labute approximate surface area is 97.6 Å². The molecule has 0 aromatic carbocycles. The Hall–Kier alpha value is -0.810. The summed E-state index contributed by atoms with van der Waals surface area (Å²) in [4.78, 5) is 15.6. The van der Waals surface area contributed by atoms with Crippen molar-refractivity contribution in [2.75, 3.05) is 12.4 Å². The molecule has 0 radical (unpaired) electrons. The molecule has 0 aliphatic carbocycles. The van der Waals surface area contributed by atoms with E-state index in [2.05, 4.69) is 22.0 Å². The first-order valence-corrected chi connectivity index (χ1v) is 5.79. The van der Waals surface area contributed by atoms with Crippen LogP contribution in [0.5, 0.6) is 0 Å². The van der Waals surface area contributed by atoms with E-state index >= 15 is 0 Å². The van der Waals surface area contributed by atoms with Crippen LogP contribution in [0.2, 0.25) is 5.15 Å². The van der Waals surface area contributed by atoms with Gasteiger partial charge in [-0.25, -0.2) is 9.78 Å². The third-order valence-corrected chi connectivity index (χ3v) is 3.29. The van der Waals surface area contributed by atoms with E-state index < -0.39 is 5.97 Å². The molecule has 1 N–H and O–H groups in total. The molecule has 1 rings (SSSR count). The fourth-order valence-electron chi connectivity index (χ4n) is 0.895. The number of nitrogens with one attached hydrogen (secondary N) is 1. The Morgan fingerprint density at radius 2 is 2.40 bits per heavy atom. The van der Waals surface area contributed by atoms with Gasteiger partial charge >= 0.3 is 5.97 Å². The average Bonchev–Trinajstić information content (AvgIpc) is 2.58. The standard InChI is InChI=1S/C9H13ClN2O2S/c1-4-5(2)11-9-12-7(10)6(15-9)8(13)14-3/h5H,4H2,1-3H3,(H,11,12). The molecule has 0 saturated heterocycles. The van der Waals surface area contributed by atoms with E-state index in [1.165, 1.54) is 18.4 Å². The normalized spacial score (nSPS) is 12.3. The van der Waals surface area contributed by atoms with Gasteiger partial charge in [0.05, 0.1) is 7.11 Å². The highest BCUT2D eigenvalue weighted by Gasteiger charge is 2.17. The van der Waals surface area contributed by atoms with Gasteiger partial charge in [-0.15, -0.1) is 0 Å². The van der Waals surface area contributed by atoms with Gasteiger partial charge in [0, 0.05) is 6.04 Å². The number of nitrogens with zero attached hydrogens (tertiary/aromatic N) is 1. The Morgan fingerprint density at radius 1 is 1.73 bits per heavy atom. The van der Waals surface area contributed by atoms with Crippen LogP contribution < -0.4 is 5.32 Å². The molecule has 0 aliphatic heterocycles. The first-order valence-electron chi connectivity index (χ1n) is 4.59. The van der Waals surface area contributed by atoms with E-state index in [-0.39, 0.29) is 5.15 Å². The van der Waals surface area contributed by atoms with Crippen molar-refractivity contribution in [2.45, 2.75) is 26.3 Å². The quantitative estimate of drug-likeness (QED) is 0.833. The van der Waals surface area contributed by atoms with Gasteiger partial charge in [-0.1, -0.05) is 29.9 Å². The number of aromatic nitrogens is 1. The summed E-state index contributed by atoms with van der Waals surface area (Å²) in [6, 6.07) is 0.303. The molecule has 84 valence electrons. The third kappa shape index (κ3) is 3.07. The molecule has 0 spiro atoms. The number of hydrogen-bond donors (Lipinski definition) is 1. The van der Waals surface area contributed by atoms with Crippen molar-refractivity contribution in [1.29, 1.82) is 0 Å². The van der Waals surface area contributed by atoms with Crippen molar-refractivity contribution in [3.8, 4) is 0 Å². The zero-order chi connectivity index (χ0) is 11.4. The predicted molar refractivity (Wildman–Crippen MR) is 61.8 cm³/mol. The van der Waals surface area contributed by atoms with Crippen LogP contribution in [0.1, 0.15) is 29.9 Å². The third-order valence-electron chi connectivity index (χ3n) is 1.94. The molecule has 0 fully saturated rings. The van der Waals surface area contributed by atoms with Crippen LogP contribution >= 0.6 is 22.9 Å². The largest absolute Gasteiger partial charge is 0.465 e. The molecular weight excluding hydrogens is 236 g/mol. The summed E-state index contributed by atoms with van der Waals surface area (Å²) < 4.78 is 4.58. The summed E-state index contributed by atoms with van der Waals surface area (Å²) in [7, 11) is 1.32. The lowest BCUT2D eigenvalue weighted by Gasteiger charge is -2.08. The molecule has 1 unspecified atom stereocenters. The monoisotopic (exact) mass is 248 g/mol. The van der Waals surface area contributed by atoms with Gasteiger partial charge in [-0.3, -0.25) is 0 Å². The lowest BCUT2D eigenvalue weighted by Crippen LogP contribution is -2.12. The summed E-state index contributed by atoms with van der Waals surface area (Å²) in [6.07, 6.45) is 0.977. The topological polar surface area (TPSA) is 51.2 Å². The molecule has 1 aromatic rings. The SMILES string of the molecule is CCC(C)Nc1nc(Cl)c(C(=O)OC)s1. The van der Waals surface area contributed by atoms with Gasteiger partial charge < -0.3 is 10.1 Å². The number of halogens is 1. The number of anilines is 1. The number of ether oxygens (including phenoxy) is 1. The second-order valence-electron chi connectivity index (χ2n) is 3.08. The molecule has 0 saturated carbocycles. The second kappa shape index (κ2) is 5.32. The van der Waals surface area contributed by atoms with Crippen LogP contribution in [0.15, 0.2) is 0 Å². The number of methoxy groups -OCH3 is 1. The van der Waals surface area contributed by atoms with Gasteiger partial charge in [0.25, 0.3) is 0 Å². The predicted octanol–water partition coefficient (Wildman–Crippen LogP) is 2.79. The number of carbonyl (C=O) groups excluding carboxylic acids is 1. The lowest BCUT2D eigenvalue weighted by molar-refractivity contribution is 0.0606. The van der Waals surface area contributed by atoms with Crippen molar-refractivity contribution in [2.24, 2.45) is 0 Å². The Bertz CT molecular complexity index is 354. The summed E-state index contributed by atoms with van der Waals surface area (Å²) >= 11 is 7.01. The first kappa shape index (κ1) is 12.3. The minimum atomic E-state index is -0.449. The molecular formula is C9H13ClN2O2S. The molecule has 6 heteroatoms. The summed E-state index contributed by atoms with van der Waals surface area (Å²) in [5.41, 5.74) is 0. The first-order chi connectivity index (χ1) is 7.08. The van der Waals surface area contributed by atoms with E-state index in [1.807, 2.05) is 6.92 Å². The van der Waals surface area contributed by atoms with Gasteiger partial charge in [-0.05, 0) is 13.3 Å². The lowest BCUT2D eigenvalue weighted by atomic mass is 10.3. The number of esters is 1. The van der Waals surface area contributed by atoms with Crippen LogP contribution in [0.3, 0.4) is 0 Å². The second-order valence-corrected chi connectivity index (χ2v) is 4.44. The Balaban J connectivity index is 2.81. The minimum Gasteiger partial charge on any atom is -0.465 e. The fourth-order valence-corrected chi connectivity index (χ4v) is 2.11. The van der Waals surface area contributed by atoms with Crippen molar-refractivity contribution < 1.29 is 9.53 Å². The highest BCUT2D eigenvalue weighted by atomic mass is 35.5. The van der Waals surface area contributed by atoms with Crippen LogP contribution in [-0.4, -0.2) is 24.1 Å². The van der Waals surface area contributed by atoms with Crippen LogP contribution in [-0.2, 0) is 4.74 Å². The minimum absolute atomic E-state index is 0.192. The number of rotatable bonds is 4. The van der Waals surface area contributed by atoms with Crippen LogP contribution in [0, 0.1) is 0 Å². The Morgan fingerprint density at radius 3 is 2.93 bits per heavy atom. The molecule has 1 aromatic heterocycles. The molecule has 0 aliphatic rings. The van der Waals surface area contributed by atoms with Crippen molar-refractivity contribution in [3.63, 3.8) is 0 Å². The highest BCUT2D eigenvalue weighted by Crippen LogP contribution is 2.28. The van der Waals surface area contributed by atoms with E-state index in [9.17, 15) is 4.79 Å². The molecule has 1 atom stereocenters. The average molecular weight is 249 g/mol. The van der Waals surface area contributed by atoms with E-state index in [1.54, 1.807) is 0 Å².